The van der Waals surface area contributed by atoms with Crippen molar-refractivity contribution < 1.29 is 19.4 Å². The van der Waals surface area contributed by atoms with Crippen molar-refractivity contribution in [3.8, 4) is 0 Å². The second-order valence-corrected chi connectivity index (χ2v) is 6.19. The number of hydrogen-bond acceptors (Lipinski definition) is 4. The number of aliphatic hydroxyl groups excluding tert-OH is 1. The largest absolute Gasteiger partial charge is 0.444 e. The smallest absolute Gasteiger partial charge is 0.410 e. The van der Waals surface area contributed by atoms with E-state index in [1.807, 2.05) is 27.7 Å². The number of hydrogen-bond donors (Lipinski definition) is 1. The topological polar surface area (TPSA) is 70.1 Å². The van der Waals surface area contributed by atoms with Crippen molar-refractivity contribution in [1.82, 2.24) is 9.80 Å². The zero-order valence-electron chi connectivity index (χ0n) is 12.9. The quantitative estimate of drug-likeness (QED) is 0.847. The predicted octanol–water partition coefficient (Wildman–Crippen LogP) is 1.23. The number of rotatable bonds is 3. The highest BCUT2D eigenvalue weighted by Gasteiger charge is 2.31. The predicted molar refractivity (Wildman–Crippen MR) is 75.3 cm³/mol. The zero-order chi connectivity index (χ0) is 15.3. The molecule has 1 heterocycles. The molecule has 0 aliphatic carbocycles. The Bertz CT molecular complexity index is 352. The summed E-state index contributed by atoms with van der Waals surface area (Å²) in [6.07, 6.45) is 0.488. The highest BCUT2D eigenvalue weighted by atomic mass is 16.6. The SMILES string of the molecule is C[C@@H]1CN(CCCO)C(=O)CCN1C(=O)OC(C)(C)C. The molecule has 0 aromatic rings. The first-order chi connectivity index (χ1) is 9.24. The van der Waals surface area contributed by atoms with Gasteiger partial charge in [0, 0.05) is 38.7 Å². The van der Waals surface area contributed by atoms with Crippen molar-refractivity contribution in [3.05, 3.63) is 0 Å². The van der Waals surface area contributed by atoms with Gasteiger partial charge in [-0.25, -0.2) is 4.79 Å². The fourth-order valence-corrected chi connectivity index (χ4v) is 2.18. The number of amides is 2. The first-order valence-corrected chi connectivity index (χ1v) is 7.13. The van der Waals surface area contributed by atoms with E-state index in [1.54, 1.807) is 9.80 Å². The molecule has 1 N–H and O–H groups in total. The lowest BCUT2D eigenvalue weighted by Crippen LogP contribution is -2.45. The van der Waals surface area contributed by atoms with Crippen LogP contribution in [0.4, 0.5) is 4.79 Å². The van der Waals surface area contributed by atoms with Crippen molar-refractivity contribution in [1.29, 1.82) is 0 Å². The summed E-state index contributed by atoms with van der Waals surface area (Å²) in [5.41, 5.74) is -0.538. The third-order valence-electron chi connectivity index (χ3n) is 3.15. The Morgan fingerprint density at radius 2 is 2.10 bits per heavy atom. The molecule has 6 heteroatoms. The molecule has 1 fully saturated rings. The van der Waals surface area contributed by atoms with Gasteiger partial charge >= 0.3 is 6.09 Å². The molecule has 0 bridgehead atoms. The molecule has 0 saturated carbocycles. The summed E-state index contributed by atoms with van der Waals surface area (Å²) >= 11 is 0. The van der Waals surface area contributed by atoms with E-state index in [1.165, 1.54) is 0 Å². The molecule has 0 aromatic heterocycles. The number of nitrogens with zero attached hydrogens (tertiary/aromatic N) is 2. The molecule has 116 valence electrons. The lowest BCUT2D eigenvalue weighted by atomic mass is 10.2. The molecular weight excluding hydrogens is 260 g/mol. The minimum atomic E-state index is -0.538. The van der Waals surface area contributed by atoms with Crippen LogP contribution in [0.3, 0.4) is 0 Å². The number of ether oxygens (including phenoxy) is 1. The molecule has 2 amide bonds. The van der Waals surface area contributed by atoms with Gasteiger partial charge in [0.05, 0.1) is 0 Å². The summed E-state index contributed by atoms with van der Waals surface area (Å²) in [4.78, 5) is 27.4. The summed E-state index contributed by atoms with van der Waals surface area (Å²) < 4.78 is 5.37. The van der Waals surface area contributed by atoms with Gasteiger partial charge in [-0.3, -0.25) is 4.79 Å². The lowest BCUT2D eigenvalue weighted by Gasteiger charge is -2.31. The summed E-state index contributed by atoms with van der Waals surface area (Å²) in [6, 6.07) is -0.0880. The third-order valence-corrected chi connectivity index (χ3v) is 3.15. The Kier molecular flexibility index (Phi) is 5.80. The van der Waals surface area contributed by atoms with Gasteiger partial charge in [-0.05, 0) is 34.1 Å². The van der Waals surface area contributed by atoms with Gasteiger partial charge < -0.3 is 19.6 Å². The summed E-state index contributed by atoms with van der Waals surface area (Å²) in [5, 5.41) is 8.86. The Morgan fingerprint density at radius 3 is 2.65 bits per heavy atom. The highest BCUT2D eigenvalue weighted by Crippen LogP contribution is 2.16. The molecule has 0 aromatic carbocycles. The van der Waals surface area contributed by atoms with Crippen LogP contribution in [-0.2, 0) is 9.53 Å². The monoisotopic (exact) mass is 286 g/mol. The first-order valence-electron chi connectivity index (χ1n) is 7.13. The van der Waals surface area contributed by atoms with Crippen LogP contribution in [0.25, 0.3) is 0 Å². The van der Waals surface area contributed by atoms with Crippen LogP contribution in [0.5, 0.6) is 0 Å². The van der Waals surface area contributed by atoms with Crippen LogP contribution in [-0.4, -0.2) is 64.8 Å². The number of carbonyl (C=O) groups is 2. The molecule has 1 aliphatic heterocycles. The van der Waals surface area contributed by atoms with Crippen LogP contribution >= 0.6 is 0 Å². The molecular formula is C14H26N2O4. The van der Waals surface area contributed by atoms with E-state index in [0.717, 1.165) is 0 Å². The van der Waals surface area contributed by atoms with Gasteiger partial charge in [0.25, 0.3) is 0 Å². The van der Waals surface area contributed by atoms with E-state index in [-0.39, 0.29) is 24.6 Å². The second-order valence-electron chi connectivity index (χ2n) is 6.19. The molecule has 1 saturated heterocycles. The fourth-order valence-electron chi connectivity index (χ4n) is 2.18. The third kappa shape index (κ3) is 5.00. The number of aliphatic hydroxyl groups is 1. The van der Waals surface area contributed by atoms with Crippen molar-refractivity contribution in [2.45, 2.75) is 52.2 Å². The molecule has 6 nitrogen and oxygen atoms in total. The second kappa shape index (κ2) is 6.92. The maximum atomic E-state index is 12.1. The molecule has 20 heavy (non-hydrogen) atoms. The summed E-state index contributed by atoms with van der Waals surface area (Å²) in [6.45, 7) is 8.84. The first kappa shape index (κ1) is 16.8. The summed E-state index contributed by atoms with van der Waals surface area (Å²) in [5.74, 6) is 0.0244. The average molecular weight is 286 g/mol. The van der Waals surface area contributed by atoms with Crippen LogP contribution in [0.15, 0.2) is 0 Å². The van der Waals surface area contributed by atoms with Crippen LogP contribution in [0.2, 0.25) is 0 Å². The molecule has 0 radical (unpaired) electrons. The Balaban J connectivity index is 2.68. The number of carbonyl (C=O) groups excluding carboxylic acids is 2. The molecule has 0 unspecified atom stereocenters. The Morgan fingerprint density at radius 1 is 1.45 bits per heavy atom. The van der Waals surface area contributed by atoms with E-state index in [9.17, 15) is 9.59 Å². The zero-order valence-corrected chi connectivity index (χ0v) is 12.9. The van der Waals surface area contributed by atoms with Crippen molar-refractivity contribution in [2.75, 3.05) is 26.2 Å². The maximum absolute atomic E-state index is 12.1. The van der Waals surface area contributed by atoms with E-state index < -0.39 is 5.60 Å². The summed E-state index contributed by atoms with van der Waals surface area (Å²) in [7, 11) is 0. The highest BCUT2D eigenvalue weighted by molar-refractivity contribution is 5.78. The maximum Gasteiger partial charge on any atom is 0.410 e. The van der Waals surface area contributed by atoms with Crippen molar-refractivity contribution in [2.24, 2.45) is 0 Å². The standard InChI is InChI=1S/C14H26N2O4/c1-11-10-15(7-5-9-17)12(18)6-8-16(11)13(19)20-14(2,3)4/h11,17H,5-10H2,1-4H3/t11-/m1/s1. The van der Waals surface area contributed by atoms with Crippen LogP contribution in [0.1, 0.15) is 40.5 Å². The fraction of sp³-hybridized carbons (Fsp3) is 0.857. The lowest BCUT2D eigenvalue weighted by molar-refractivity contribution is -0.130. The Labute approximate surface area is 120 Å². The molecule has 0 spiro atoms. The average Bonchev–Trinajstić information content (AvgIpc) is 2.44. The van der Waals surface area contributed by atoms with E-state index in [0.29, 0.717) is 32.5 Å². The van der Waals surface area contributed by atoms with E-state index in [2.05, 4.69) is 0 Å². The molecule has 1 atom stereocenters. The Hall–Kier alpha value is -1.30. The molecule has 1 rings (SSSR count). The van der Waals surface area contributed by atoms with Gasteiger partial charge in [0.2, 0.25) is 5.91 Å². The van der Waals surface area contributed by atoms with Crippen LogP contribution in [0, 0.1) is 0 Å². The van der Waals surface area contributed by atoms with E-state index >= 15 is 0 Å². The van der Waals surface area contributed by atoms with Gasteiger partial charge in [0.15, 0.2) is 0 Å². The van der Waals surface area contributed by atoms with Crippen molar-refractivity contribution in [3.63, 3.8) is 0 Å². The minimum absolute atomic E-state index is 0.0244. The van der Waals surface area contributed by atoms with Gasteiger partial charge in [-0.1, -0.05) is 0 Å². The normalized spacial score (nSPS) is 20.9. The van der Waals surface area contributed by atoms with Crippen LogP contribution < -0.4 is 0 Å². The minimum Gasteiger partial charge on any atom is -0.444 e. The van der Waals surface area contributed by atoms with Gasteiger partial charge in [-0.2, -0.15) is 0 Å². The van der Waals surface area contributed by atoms with E-state index in [4.69, 9.17) is 9.84 Å². The molecule has 1 aliphatic rings. The van der Waals surface area contributed by atoms with Crippen molar-refractivity contribution >= 4 is 12.0 Å². The van der Waals surface area contributed by atoms with Gasteiger partial charge in [0.1, 0.15) is 5.60 Å². The van der Waals surface area contributed by atoms with Gasteiger partial charge in [-0.15, -0.1) is 0 Å².